The first-order valence-electron chi connectivity index (χ1n) is 10.1. The van der Waals surface area contributed by atoms with Crippen molar-refractivity contribution in [2.45, 2.75) is 6.92 Å². The van der Waals surface area contributed by atoms with Gasteiger partial charge in [0.15, 0.2) is 0 Å². The van der Waals surface area contributed by atoms with Gasteiger partial charge in [0.25, 0.3) is 0 Å². The summed E-state index contributed by atoms with van der Waals surface area (Å²) in [6.07, 6.45) is 3.52. The molecular formula is C26H19N3O2. The molecule has 31 heavy (non-hydrogen) atoms. The van der Waals surface area contributed by atoms with Crippen LogP contribution in [0, 0.1) is 0 Å². The van der Waals surface area contributed by atoms with Crippen molar-refractivity contribution in [2.24, 2.45) is 0 Å². The molecule has 0 unspecified atom stereocenters. The van der Waals surface area contributed by atoms with Crippen LogP contribution in [0.5, 0.6) is 0 Å². The monoisotopic (exact) mass is 405 g/mol. The van der Waals surface area contributed by atoms with Crippen molar-refractivity contribution >= 4 is 27.8 Å². The van der Waals surface area contributed by atoms with E-state index in [0.29, 0.717) is 23.6 Å². The molecule has 0 radical (unpaired) electrons. The highest BCUT2D eigenvalue weighted by Crippen LogP contribution is 2.31. The summed E-state index contributed by atoms with van der Waals surface area (Å²) in [6.45, 7) is 2.10. The zero-order chi connectivity index (χ0) is 21.2. The third kappa shape index (κ3) is 3.51. The first-order valence-corrected chi connectivity index (χ1v) is 10.1. The van der Waals surface area contributed by atoms with Crippen LogP contribution in [0.3, 0.4) is 0 Å². The van der Waals surface area contributed by atoms with Crippen LogP contribution in [0.25, 0.3) is 44.3 Å². The summed E-state index contributed by atoms with van der Waals surface area (Å²) in [5.74, 6) is -0.381. The van der Waals surface area contributed by atoms with Gasteiger partial charge in [0, 0.05) is 34.3 Å². The van der Waals surface area contributed by atoms with Crippen molar-refractivity contribution in [3.05, 3.63) is 90.8 Å². The molecule has 0 bridgehead atoms. The van der Waals surface area contributed by atoms with E-state index in [0.717, 1.165) is 32.9 Å². The fourth-order valence-electron chi connectivity index (χ4n) is 3.76. The molecule has 0 spiro atoms. The molecule has 0 N–H and O–H groups in total. The number of hydrogen-bond donors (Lipinski definition) is 0. The average Bonchev–Trinajstić information content (AvgIpc) is 2.83. The number of ether oxygens (including phenoxy) is 1. The van der Waals surface area contributed by atoms with Gasteiger partial charge in [-0.25, -0.2) is 9.78 Å². The largest absolute Gasteiger partial charge is 0.462 e. The SMILES string of the molecule is CCOC(=O)c1cc(-c2cccc3cccnc23)nc(-c2cccc3cccnc23)c1. The lowest BCUT2D eigenvalue weighted by Crippen LogP contribution is -2.06. The van der Waals surface area contributed by atoms with Crippen LogP contribution < -0.4 is 0 Å². The fourth-order valence-corrected chi connectivity index (χ4v) is 3.76. The highest BCUT2D eigenvalue weighted by molar-refractivity contribution is 5.98. The number of nitrogens with zero attached hydrogens (tertiary/aromatic N) is 3. The van der Waals surface area contributed by atoms with Gasteiger partial charge in [-0.15, -0.1) is 0 Å². The second kappa shape index (κ2) is 7.95. The number of esters is 1. The Hall–Kier alpha value is -4.12. The Kier molecular flexibility index (Phi) is 4.84. The minimum Gasteiger partial charge on any atom is -0.462 e. The Morgan fingerprint density at radius 3 is 1.81 bits per heavy atom. The Balaban J connectivity index is 1.78. The average molecular weight is 405 g/mol. The maximum absolute atomic E-state index is 12.7. The summed E-state index contributed by atoms with van der Waals surface area (Å²) in [7, 11) is 0. The van der Waals surface area contributed by atoms with E-state index >= 15 is 0 Å². The molecule has 0 saturated heterocycles. The second-order valence-corrected chi connectivity index (χ2v) is 7.11. The van der Waals surface area contributed by atoms with Crippen molar-refractivity contribution in [3.8, 4) is 22.5 Å². The van der Waals surface area contributed by atoms with Gasteiger partial charge < -0.3 is 4.74 Å². The van der Waals surface area contributed by atoms with E-state index in [1.807, 2.05) is 60.7 Å². The highest BCUT2D eigenvalue weighted by atomic mass is 16.5. The molecule has 0 aliphatic carbocycles. The molecule has 0 saturated carbocycles. The van der Waals surface area contributed by atoms with Crippen molar-refractivity contribution in [1.82, 2.24) is 15.0 Å². The van der Waals surface area contributed by atoms with Crippen LogP contribution in [0.15, 0.2) is 85.2 Å². The lowest BCUT2D eigenvalue weighted by molar-refractivity contribution is 0.0526. The third-order valence-electron chi connectivity index (χ3n) is 5.15. The Morgan fingerprint density at radius 1 is 0.774 bits per heavy atom. The van der Waals surface area contributed by atoms with Gasteiger partial charge in [0.05, 0.1) is 34.6 Å². The van der Waals surface area contributed by atoms with Gasteiger partial charge >= 0.3 is 5.97 Å². The molecule has 5 aromatic rings. The molecule has 5 heteroatoms. The van der Waals surface area contributed by atoms with Crippen LogP contribution in [0.4, 0.5) is 0 Å². The summed E-state index contributed by atoms with van der Waals surface area (Å²) < 4.78 is 5.29. The molecule has 5 rings (SSSR count). The smallest absolute Gasteiger partial charge is 0.338 e. The number of rotatable bonds is 4. The van der Waals surface area contributed by atoms with Crippen LogP contribution in [-0.2, 0) is 4.74 Å². The zero-order valence-electron chi connectivity index (χ0n) is 16.9. The van der Waals surface area contributed by atoms with Gasteiger partial charge in [-0.1, -0.05) is 48.5 Å². The Labute approximate surface area is 179 Å². The van der Waals surface area contributed by atoms with E-state index < -0.39 is 0 Å². The Morgan fingerprint density at radius 2 is 1.29 bits per heavy atom. The summed E-state index contributed by atoms with van der Waals surface area (Å²) in [5, 5.41) is 2.02. The molecule has 0 atom stereocenters. The molecule has 2 aromatic carbocycles. The molecule has 0 amide bonds. The van der Waals surface area contributed by atoms with Crippen molar-refractivity contribution in [2.75, 3.05) is 6.61 Å². The van der Waals surface area contributed by atoms with Gasteiger partial charge in [-0.2, -0.15) is 0 Å². The number of aromatic nitrogens is 3. The van der Waals surface area contributed by atoms with E-state index in [1.165, 1.54) is 0 Å². The lowest BCUT2D eigenvalue weighted by atomic mass is 10.0. The summed E-state index contributed by atoms with van der Waals surface area (Å²) >= 11 is 0. The van der Waals surface area contributed by atoms with Crippen LogP contribution in [-0.4, -0.2) is 27.5 Å². The normalized spacial score (nSPS) is 11.0. The topological polar surface area (TPSA) is 65.0 Å². The molecule has 3 aromatic heterocycles. The molecule has 150 valence electrons. The predicted molar refractivity (Wildman–Crippen MR) is 122 cm³/mol. The van der Waals surface area contributed by atoms with Gasteiger partial charge in [-0.05, 0) is 31.2 Å². The van der Waals surface area contributed by atoms with Crippen LogP contribution in [0.1, 0.15) is 17.3 Å². The van der Waals surface area contributed by atoms with Gasteiger partial charge in [0.1, 0.15) is 0 Å². The molecule has 5 nitrogen and oxygen atoms in total. The standard InChI is InChI=1S/C26H19N3O2/c1-2-31-26(30)19-15-22(20-11-3-7-17-9-5-13-27-24(17)20)29-23(16-19)21-12-4-8-18-10-6-14-28-25(18)21/h3-16H,2H2,1H3. The molecule has 3 heterocycles. The van der Waals surface area contributed by atoms with Crippen molar-refractivity contribution < 1.29 is 9.53 Å². The molecule has 0 aliphatic heterocycles. The summed E-state index contributed by atoms with van der Waals surface area (Å²) in [5.41, 5.74) is 5.16. The van der Waals surface area contributed by atoms with Gasteiger partial charge in [0.2, 0.25) is 0 Å². The number of carbonyl (C=O) groups excluding carboxylic acids is 1. The summed E-state index contributed by atoms with van der Waals surface area (Å²) in [4.78, 5) is 26.7. The van der Waals surface area contributed by atoms with Crippen LogP contribution >= 0.6 is 0 Å². The molecular weight excluding hydrogens is 386 g/mol. The first-order chi connectivity index (χ1) is 15.2. The highest BCUT2D eigenvalue weighted by Gasteiger charge is 2.16. The maximum atomic E-state index is 12.7. The second-order valence-electron chi connectivity index (χ2n) is 7.11. The lowest BCUT2D eigenvalue weighted by Gasteiger charge is -2.12. The van der Waals surface area contributed by atoms with E-state index in [-0.39, 0.29) is 5.97 Å². The van der Waals surface area contributed by atoms with Crippen molar-refractivity contribution in [3.63, 3.8) is 0 Å². The van der Waals surface area contributed by atoms with E-state index in [4.69, 9.17) is 9.72 Å². The quantitative estimate of drug-likeness (QED) is 0.360. The van der Waals surface area contributed by atoms with Gasteiger partial charge in [-0.3, -0.25) is 9.97 Å². The molecule has 0 fully saturated rings. The zero-order valence-corrected chi connectivity index (χ0v) is 16.9. The summed E-state index contributed by atoms with van der Waals surface area (Å²) in [6, 6.07) is 23.3. The fraction of sp³-hybridized carbons (Fsp3) is 0.0769. The van der Waals surface area contributed by atoms with Crippen molar-refractivity contribution in [1.29, 1.82) is 0 Å². The Bertz CT molecular complexity index is 1320. The molecule has 0 aliphatic rings. The third-order valence-corrected chi connectivity index (χ3v) is 5.15. The maximum Gasteiger partial charge on any atom is 0.338 e. The number of para-hydroxylation sites is 2. The van der Waals surface area contributed by atoms with Crippen LogP contribution in [0.2, 0.25) is 0 Å². The minimum atomic E-state index is -0.381. The number of carbonyl (C=O) groups is 1. The first kappa shape index (κ1) is 18.9. The van der Waals surface area contributed by atoms with E-state index in [1.54, 1.807) is 31.5 Å². The number of hydrogen-bond acceptors (Lipinski definition) is 5. The van der Waals surface area contributed by atoms with E-state index in [9.17, 15) is 4.79 Å². The van der Waals surface area contributed by atoms with E-state index in [2.05, 4.69) is 9.97 Å². The number of pyridine rings is 3. The number of benzene rings is 2. The number of fused-ring (bicyclic) bond motifs is 2. The minimum absolute atomic E-state index is 0.303. The predicted octanol–water partition coefficient (Wildman–Crippen LogP) is 5.69.